The smallest absolute Gasteiger partial charge is 0.344 e. The SMILES string of the molecule is CCCOc1ccc(SSc2ccc(OCC(=O)OCC)c(C)c2)cc1C. The molecule has 0 heterocycles. The monoisotopic (exact) mass is 406 g/mol. The Kier molecular flexibility index (Phi) is 8.88. The lowest BCUT2D eigenvalue weighted by atomic mass is 10.2. The Balaban J connectivity index is 1.91. The van der Waals surface area contributed by atoms with Crippen molar-refractivity contribution in [3.63, 3.8) is 0 Å². The van der Waals surface area contributed by atoms with Crippen molar-refractivity contribution in [3.05, 3.63) is 47.5 Å². The predicted molar refractivity (Wildman–Crippen MR) is 112 cm³/mol. The van der Waals surface area contributed by atoms with Crippen molar-refractivity contribution < 1.29 is 19.0 Å². The van der Waals surface area contributed by atoms with E-state index in [1.807, 2.05) is 25.1 Å². The summed E-state index contributed by atoms with van der Waals surface area (Å²) in [7, 11) is 3.40. The molecule has 2 aromatic carbocycles. The Hall–Kier alpha value is -1.79. The molecule has 2 aromatic rings. The number of esters is 1. The third kappa shape index (κ3) is 7.03. The average molecular weight is 407 g/mol. The molecule has 0 saturated carbocycles. The normalized spacial score (nSPS) is 10.5. The molecule has 4 nitrogen and oxygen atoms in total. The van der Waals surface area contributed by atoms with Crippen LogP contribution in [-0.4, -0.2) is 25.8 Å². The fourth-order valence-corrected chi connectivity index (χ4v) is 4.41. The first-order chi connectivity index (χ1) is 13.0. The standard InChI is InChI=1S/C21H26O4S2/c1-5-11-24-19-9-7-17(12-15(19)3)26-27-18-8-10-20(16(4)13-18)25-14-21(22)23-6-2/h7-10,12-13H,5-6,11,14H2,1-4H3. The summed E-state index contributed by atoms with van der Waals surface area (Å²) < 4.78 is 16.1. The summed E-state index contributed by atoms with van der Waals surface area (Å²) in [5.74, 6) is 1.29. The van der Waals surface area contributed by atoms with Crippen LogP contribution in [0.2, 0.25) is 0 Å². The third-order valence-corrected chi connectivity index (χ3v) is 6.02. The third-order valence-electron chi connectivity index (χ3n) is 3.64. The van der Waals surface area contributed by atoms with Crippen molar-refractivity contribution in [2.45, 2.75) is 43.9 Å². The van der Waals surface area contributed by atoms with E-state index in [1.165, 1.54) is 4.90 Å². The zero-order valence-electron chi connectivity index (χ0n) is 16.2. The number of carbonyl (C=O) groups excluding carboxylic acids is 1. The van der Waals surface area contributed by atoms with Crippen LogP contribution in [0.25, 0.3) is 0 Å². The molecule has 27 heavy (non-hydrogen) atoms. The minimum absolute atomic E-state index is 0.0678. The van der Waals surface area contributed by atoms with Crippen molar-refractivity contribution in [1.82, 2.24) is 0 Å². The number of ether oxygens (including phenoxy) is 3. The highest BCUT2D eigenvalue weighted by Gasteiger charge is 2.08. The number of hydrogen-bond acceptors (Lipinski definition) is 6. The summed E-state index contributed by atoms with van der Waals surface area (Å²) in [5.41, 5.74) is 2.14. The van der Waals surface area contributed by atoms with Crippen molar-refractivity contribution in [1.29, 1.82) is 0 Å². The quantitative estimate of drug-likeness (QED) is 0.365. The van der Waals surface area contributed by atoms with Crippen LogP contribution in [0, 0.1) is 13.8 Å². The first-order valence-corrected chi connectivity index (χ1v) is 11.2. The van der Waals surface area contributed by atoms with E-state index in [9.17, 15) is 4.79 Å². The highest BCUT2D eigenvalue weighted by Crippen LogP contribution is 2.40. The van der Waals surface area contributed by atoms with Gasteiger partial charge in [-0.15, -0.1) is 0 Å². The Morgan fingerprint density at radius 3 is 1.93 bits per heavy atom. The molecule has 0 aliphatic carbocycles. The van der Waals surface area contributed by atoms with E-state index in [4.69, 9.17) is 14.2 Å². The molecule has 0 aliphatic heterocycles. The van der Waals surface area contributed by atoms with E-state index in [-0.39, 0.29) is 12.6 Å². The maximum atomic E-state index is 11.4. The van der Waals surface area contributed by atoms with Gasteiger partial charge in [-0.25, -0.2) is 4.79 Å². The second-order valence-corrected chi connectivity index (χ2v) is 8.24. The molecule has 2 rings (SSSR count). The van der Waals surface area contributed by atoms with Crippen LogP contribution < -0.4 is 9.47 Å². The van der Waals surface area contributed by atoms with Gasteiger partial charge in [0.05, 0.1) is 13.2 Å². The molecule has 0 atom stereocenters. The van der Waals surface area contributed by atoms with Crippen molar-refractivity contribution in [2.24, 2.45) is 0 Å². The minimum Gasteiger partial charge on any atom is -0.493 e. The lowest BCUT2D eigenvalue weighted by Gasteiger charge is -2.11. The number of benzene rings is 2. The van der Waals surface area contributed by atoms with Crippen molar-refractivity contribution in [2.75, 3.05) is 19.8 Å². The van der Waals surface area contributed by atoms with Crippen molar-refractivity contribution >= 4 is 27.6 Å². The van der Waals surface area contributed by atoms with E-state index in [0.717, 1.165) is 34.8 Å². The topological polar surface area (TPSA) is 44.8 Å². The average Bonchev–Trinajstić information content (AvgIpc) is 2.65. The van der Waals surface area contributed by atoms with Crippen LogP contribution in [0.3, 0.4) is 0 Å². The lowest BCUT2D eigenvalue weighted by molar-refractivity contribution is -0.145. The molecule has 0 fully saturated rings. The van der Waals surface area contributed by atoms with Crippen LogP contribution >= 0.6 is 21.6 Å². The van der Waals surface area contributed by atoms with Crippen molar-refractivity contribution in [3.8, 4) is 11.5 Å². The molecule has 0 unspecified atom stereocenters. The number of rotatable bonds is 10. The van der Waals surface area contributed by atoms with E-state index >= 15 is 0 Å². The molecule has 146 valence electrons. The maximum Gasteiger partial charge on any atom is 0.344 e. The lowest BCUT2D eigenvalue weighted by Crippen LogP contribution is -2.14. The second kappa shape index (κ2) is 11.1. The van der Waals surface area contributed by atoms with Gasteiger partial charge in [0.25, 0.3) is 0 Å². The zero-order valence-corrected chi connectivity index (χ0v) is 17.9. The second-order valence-electron chi connectivity index (χ2n) is 5.96. The van der Waals surface area contributed by atoms with Crippen LogP contribution in [0.15, 0.2) is 46.2 Å². The van der Waals surface area contributed by atoms with Gasteiger partial charge in [0, 0.05) is 9.79 Å². The largest absolute Gasteiger partial charge is 0.493 e. The van der Waals surface area contributed by atoms with E-state index in [1.54, 1.807) is 28.5 Å². The maximum absolute atomic E-state index is 11.4. The Bertz CT molecular complexity index is 762. The number of hydrogen-bond donors (Lipinski definition) is 0. The van der Waals surface area contributed by atoms with Gasteiger partial charge in [-0.05, 0) is 74.7 Å². The van der Waals surface area contributed by atoms with Gasteiger partial charge >= 0.3 is 5.97 Å². The highest BCUT2D eigenvalue weighted by atomic mass is 33.1. The fourth-order valence-electron chi connectivity index (χ4n) is 2.32. The highest BCUT2D eigenvalue weighted by molar-refractivity contribution is 8.76. The molecule has 0 N–H and O–H groups in total. The Labute approximate surface area is 169 Å². The molecule has 0 amide bonds. The van der Waals surface area contributed by atoms with Crippen LogP contribution in [-0.2, 0) is 9.53 Å². The van der Waals surface area contributed by atoms with Gasteiger partial charge in [-0.1, -0.05) is 28.5 Å². The van der Waals surface area contributed by atoms with Crippen LogP contribution in [0.5, 0.6) is 11.5 Å². The predicted octanol–water partition coefficient (Wildman–Crippen LogP) is 5.83. The summed E-state index contributed by atoms with van der Waals surface area (Å²) in [6.07, 6.45) is 1.00. The van der Waals surface area contributed by atoms with E-state index in [0.29, 0.717) is 12.4 Å². The van der Waals surface area contributed by atoms with Gasteiger partial charge in [0.15, 0.2) is 6.61 Å². The number of carbonyl (C=O) groups is 1. The molecule has 0 saturated heterocycles. The van der Waals surface area contributed by atoms with Gasteiger partial charge < -0.3 is 14.2 Å². The summed E-state index contributed by atoms with van der Waals surface area (Å²) >= 11 is 0. The van der Waals surface area contributed by atoms with Crippen LogP contribution in [0.1, 0.15) is 31.4 Å². The fraction of sp³-hybridized carbons (Fsp3) is 0.381. The van der Waals surface area contributed by atoms with Crippen LogP contribution in [0.4, 0.5) is 0 Å². The molecular weight excluding hydrogens is 380 g/mol. The summed E-state index contributed by atoms with van der Waals surface area (Å²) in [6, 6.07) is 12.2. The summed E-state index contributed by atoms with van der Waals surface area (Å²) in [4.78, 5) is 13.7. The molecule has 0 aliphatic rings. The summed E-state index contributed by atoms with van der Waals surface area (Å²) in [6.45, 7) is 8.96. The van der Waals surface area contributed by atoms with E-state index < -0.39 is 0 Å². The van der Waals surface area contributed by atoms with Gasteiger partial charge in [-0.3, -0.25) is 0 Å². The molecule has 0 spiro atoms. The Morgan fingerprint density at radius 1 is 0.889 bits per heavy atom. The number of aryl methyl sites for hydroxylation is 2. The molecule has 6 heteroatoms. The first kappa shape index (κ1) is 21.5. The molecule has 0 aromatic heterocycles. The molecule has 0 radical (unpaired) electrons. The van der Waals surface area contributed by atoms with Gasteiger partial charge in [0.1, 0.15) is 11.5 Å². The summed E-state index contributed by atoms with van der Waals surface area (Å²) in [5, 5.41) is 0. The zero-order chi connectivity index (χ0) is 19.6. The van der Waals surface area contributed by atoms with Gasteiger partial charge in [-0.2, -0.15) is 0 Å². The molecule has 0 bridgehead atoms. The Morgan fingerprint density at radius 2 is 1.44 bits per heavy atom. The van der Waals surface area contributed by atoms with Gasteiger partial charge in [0.2, 0.25) is 0 Å². The van der Waals surface area contributed by atoms with E-state index in [2.05, 4.69) is 32.0 Å². The minimum atomic E-state index is -0.354. The first-order valence-electron chi connectivity index (χ1n) is 9.00. The molecular formula is C21H26O4S2.